The number of aliphatic carboxylic acids is 2. The van der Waals surface area contributed by atoms with Gasteiger partial charge >= 0.3 is 18.0 Å². The molecule has 0 aromatic rings. The minimum atomic E-state index is -1.62. The Morgan fingerprint density at radius 1 is 1.24 bits per heavy atom. The average molecular weight is 305 g/mol. The van der Waals surface area contributed by atoms with Crippen molar-refractivity contribution in [2.24, 2.45) is 5.41 Å². The zero-order valence-corrected chi connectivity index (χ0v) is 12.0. The van der Waals surface area contributed by atoms with Gasteiger partial charge in [0.25, 0.3) is 12.8 Å². The molecule has 0 fully saturated rings. The molecule has 120 valence electrons. The van der Waals surface area contributed by atoms with Gasteiger partial charge in [0.2, 0.25) is 0 Å². The van der Waals surface area contributed by atoms with Gasteiger partial charge in [-0.2, -0.15) is 0 Å². The lowest BCUT2D eigenvalue weighted by Crippen LogP contribution is -2.44. The summed E-state index contributed by atoms with van der Waals surface area (Å²) in [5.74, 6) is -2.60. The number of hydrogen-bond donors (Lipinski definition) is 3. The molecule has 9 heteroatoms. The van der Waals surface area contributed by atoms with Crippen molar-refractivity contribution in [1.82, 2.24) is 5.32 Å². The molecule has 9 nitrogen and oxygen atoms in total. The van der Waals surface area contributed by atoms with Crippen LogP contribution in [0.25, 0.3) is 0 Å². The van der Waals surface area contributed by atoms with Gasteiger partial charge in [-0.3, -0.25) is 9.59 Å². The molecule has 0 heterocycles. The van der Waals surface area contributed by atoms with E-state index in [1.807, 2.05) is 0 Å². The van der Waals surface area contributed by atoms with E-state index in [4.69, 9.17) is 10.2 Å². The summed E-state index contributed by atoms with van der Waals surface area (Å²) in [7, 11) is 0. The molecule has 0 saturated heterocycles. The summed E-state index contributed by atoms with van der Waals surface area (Å²) in [5, 5.41) is 19.6. The number of alkyl carbamates (subject to hydrolysis) is 1. The molecule has 0 aromatic carbocycles. The third kappa shape index (κ3) is 9.25. The van der Waals surface area contributed by atoms with Crippen molar-refractivity contribution in [3.8, 4) is 0 Å². The van der Waals surface area contributed by atoms with Crippen molar-refractivity contribution < 1.29 is 38.9 Å². The number of nitrogens with one attached hydrogen (secondary N) is 1. The number of carbonyl (C=O) groups is 4. The third-order valence-corrected chi connectivity index (χ3v) is 2.19. The van der Waals surface area contributed by atoms with E-state index in [0.717, 1.165) is 0 Å². The molecule has 0 radical (unpaired) electrons. The molecule has 0 bridgehead atoms. The predicted molar refractivity (Wildman–Crippen MR) is 68.3 cm³/mol. The van der Waals surface area contributed by atoms with Crippen LogP contribution >= 0.6 is 0 Å². The quantitative estimate of drug-likeness (QED) is 0.437. The van der Waals surface area contributed by atoms with E-state index in [2.05, 4.69) is 14.8 Å². The van der Waals surface area contributed by atoms with Crippen molar-refractivity contribution in [2.45, 2.75) is 45.9 Å². The summed E-state index contributed by atoms with van der Waals surface area (Å²) in [4.78, 5) is 43.2. The largest absolute Gasteiger partial charge is 0.481 e. The van der Waals surface area contributed by atoms with Crippen molar-refractivity contribution in [3.05, 3.63) is 0 Å². The molecule has 0 aliphatic rings. The first-order chi connectivity index (χ1) is 9.55. The second-order valence-corrected chi connectivity index (χ2v) is 5.46. The molecule has 3 N–H and O–H groups in total. The number of hydrogen-bond acceptors (Lipinski definition) is 6. The molecular formula is C12H19NO8. The second-order valence-electron chi connectivity index (χ2n) is 5.46. The van der Waals surface area contributed by atoms with Crippen LogP contribution in [-0.4, -0.2) is 47.0 Å². The normalized spacial score (nSPS) is 13.7. The van der Waals surface area contributed by atoms with Crippen LogP contribution in [0.4, 0.5) is 4.79 Å². The molecule has 2 atom stereocenters. The van der Waals surface area contributed by atoms with E-state index in [1.54, 1.807) is 20.8 Å². The van der Waals surface area contributed by atoms with E-state index >= 15 is 0 Å². The van der Waals surface area contributed by atoms with Crippen LogP contribution in [-0.2, 0) is 23.9 Å². The Morgan fingerprint density at radius 3 is 2.19 bits per heavy atom. The number of carbonyl (C=O) groups excluding carboxylic acids is 2. The van der Waals surface area contributed by atoms with Crippen LogP contribution in [0, 0.1) is 5.41 Å². The summed E-state index contributed by atoms with van der Waals surface area (Å²) in [5.41, 5.74) is -0.365. The zero-order chi connectivity index (χ0) is 16.6. The number of amides is 1. The van der Waals surface area contributed by atoms with E-state index in [-0.39, 0.29) is 18.3 Å². The minimum absolute atomic E-state index is 0.0648. The smallest absolute Gasteiger partial charge is 0.410 e. The Kier molecular flexibility index (Phi) is 7.18. The van der Waals surface area contributed by atoms with E-state index < -0.39 is 36.8 Å². The molecule has 0 saturated carbocycles. The first-order valence-corrected chi connectivity index (χ1v) is 6.06. The summed E-state index contributed by atoms with van der Waals surface area (Å²) >= 11 is 0. The molecule has 0 spiro atoms. The molecular weight excluding hydrogens is 286 g/mol. The van der Waals surface area contributed by atoms with Crippen molar-refractivity contribution in [2.75, 3.05) is 0 Å². The maximum Gasteiger partial charge on any atom is 0.410 e. The third-order valence-electron chi connectivity index (χ3n) is 2.19. The van der Waals surface area contributed by atoms with Gasteiger partial charge in [-0.15, -0.1) is 0 Å². The fourth-order valence-electron chi connectivity index (χ4n) is 1.43. The number of carboxylic acids is 2. The van der Waals surface area contributed by atoms with Crippen LogP contribution < -0.4 is 5.32 Å². The monoisotopic (exact) mass is 305 g/mol. The highest BCUT2D eigenvalue weighted by molar-refractivity contribution is 5.80. The fraction of sp³-hybridized carbons (Fsp3) is 0.667. The molecule has 21 heavy (non-hydrogen) atoms. The Labute approximate surface area is 121 Å². The average Bonchev–Trinajstić information content (AvgIpc) is 2.25. The molecule has 0 aliphatic heterocycles. The Bertz CT molecular complexity index is 401. The Morgan fingerprint density at radius 2 is 1.81 bits per heavy atom. The van der Waals surface area contributed by atoms with Gasteiger partial charge in [-0.1, -0.05) is 20.8 Å². The highest BCUT2D eigenvalue weighted by atomic mass is 16.7. The predicted octanol–water partition coefficient (Wildman–Crippen LogP) is 0.576. The van der Waals surface area contributed by atoms with Crippen LogP contribution in [0.2, 0.25) is 0 Å². The Hall–Kier alpha value is -2.32. The topological polar surface area (TPSA) is 139 Å². The maximum absolute atomic E-state index is 11.5. The van der Waals surface area contributed by atoms with Crippen molar-refractivity contribution >= 4 is 24.5 Å². The summed E-state index contributed by atoms with van der Waals surface area (Å²) in [6.45, 7) is 5.31. The van der Waals surface area contributed by atoms with Gasteiger partial charge in [-0.25, -0.2) is 9.59 Å². The van der Waals surface area contributed by atoms with E-state index in [1.165, 1.54) is 0 Å². The van der Waals surface area contributed by atoms with Crippen LogP contribution in [0.1, 0.15) is 33.6 Å². The van der Waals surface area contributed by atoms with Gasteiger partial charge in [0, 0.05) is 0 Å². The molecule has 1 amide bonds. The summed E-state index contributed by atoms with van der Waals surface area (Å²) in [6.07, 6.45) is -3.41. The second kappa shape index (κ2) is 8.08. The zero-order valence-electron chi connectivity index (χ0n) is 12.0. The van der Waals surface area contributed by atoms with Crippen molar-refractivity contribution in [1.29, 1.82) is 0 Å². The maximum atomic E-state index is 11.5. The number of carboxylic acid groups (broad SMARTS) is 2. The highest BCUT2D eigenvalue weighted by Crippen LogP contribution is 2.21. The lowest BCUT2D eigenvalue weighted by molar-refractivity contribution is -0.161. The number of ether oxygens (including phenoxy) is 2. The first-order valence-electron chi connectivity index (χ1n) is 6.06. The summed E-state index contributed by atoms with van der Waals surface area (Å²) in [6, 6.07) is -1.21. The highest BCUT2D eigenvalue weighted by Gasteiger charge is 2.28. The minimum Gasteiger partial charge on any atom is -0.481 e. The SMILES string of the molecule is CC(C)(C)CC(NC(=O)OC(CC(=O)O)OC=O)C(=O)O. The van der Waals surface area contributed by atoms with Gasteiger partial charge < -0.3 is 25.0 Å². The Balaban J connectivity index is 4.63. The molecule has 0 rings (SSSR count). The van der Waals surface area contributed by atoms with Gasteiger partial charge in [0.15, 0.2) is 0 Å². The van der Waals surface area contributed by atoms with Gasteiger partial charge in [0.1, 0.15) is 12.5 Å². The van der Waals surface area contributed by atoms with E-state index in [9.17, 15) is 19.2 Å². The summed E-state index contributed by atoms with van der Waals surface area (Å²) < 4.78 is 8.82. The molecule has 0 aliphatic carbocycles. The number of rotatable bonds is 8. The van der Waals surface area contributed by atoms with Gasteiger partial charge in [0.05, 0.1) is 0 Å². The van der Waals surface area contributed by atoms with Crippen LogP contribution in [0.3, 0.4) is 0 Å². The fourth-order valence-corrected chi connectivity index (χ4v) is 1.43. The molecule has 0 aromatic heterocycles. The van der Waals surface area contributed by atoms with Gasteiger partial charge in [-0.05, 0) is 11.8 Å². The first kappa shape index (κ1) is 18.7. The standard InChI is InChI=1S/C12H19NO8/c1-12(2,3)5-7(10(17)18)13-11(19)21-9(20-6-14)4-8(15)16/h6-7,9H,4-5H2,1-3H3,(H,13,19)(H,15,16)(H,17,18). The van der Waals surface area contributed by atoms with E-state index in [0.29, 0.717) is 0 Å². The van der Waals surface area contributed by atoms with Crippen molar-refractivity contribution in [3.63, 3.8) is 0 Å². The lowest BCUT2D eigenvalue weighted by Gasteiger charge is -2.24. The van der Waals surface area contributed by atoms with Crippen LogP contribution in [0.5, 0.6) is 0 Å². The van der Waals surface area contributed by atoms with Crippen LogP contribution in [0.15, 0.2) is 0 Å². The lowest BCUT2D eigenvalue weighted by atomic mass is 9.88. The molecule has 2 unspecified atom stereocenters.